The van der Waals surface area contributed by atoms with E-state index >= 15 is 0 Å². The zero-order chi connectivity index (χ0) is 40.6. The Hall–Kier alpha value is -5.43. The molecule has 1 aromatic heterocycles. The number of nitrogens with one attached hydrogen (secondary N) is 2. The summed E-state index contributed by atoms with van der Waals surface area (Å²) in [6.45, 7) is 11.1. The third-order valence-corrected chi connectivity index (χ3v) is 12.4. The number of benzene rings is 3. The quantitative estimate of drug-likeness (QED) is 0.184. The summed E-state index contributed by atoms with van der Waals surface area (Å²) in [6.07, 6.45) is 4.16. The molecule has 2 unspecified atom stereocenters. The molecule has 3 fully saturated rings. The highest BCUT2D eigenvalue weighted by atomic mass is 16.6. The van der Waals surface area contributed by atoms with Gasteiger partial charge in [0.2, 0.25) is 5.91 Å². The van der Waals surface area contributed by atoms with Gasteiger partial charge < -0.3 is 34.1 Å². The van der Waals surface area contributed by atoms with E-state index in [-0.39, 0.29) is 42.0 Å². The van der Waals surface area contributed by atoms with Crippen molar-refractivity contribution in [3.63, 3.8) is 0 Å². The minimum absolute atomic E-state index is 0.0990. The van der Waals surface area contributed by atoms with Gasteiger partial charge in [-0.25, -0.2) is 14.6 Å². The van der Waals surface area contributed by atoms with E-state index in [0.717, 1.165) is 86.5 Å². The van der Waals surface area contributed by atoms with Crippen LogP contribution < -0.4 is 10.1 Å². The molecule has 3 amide bonds. The second-order valence-corrected chi connectivity index (χ2v) is 17.9. The van der Waals surface area contributed by atoms with Crippen LogP contribution >= 0.6 is 0 Å². The van der Waals surface area contributed by atoms with Crippen molar-refractivity contribution in [3.05, 3.63) is 65.6 Å². The Balaban J connectivity index is 0.944. The molecular formula is C45H52N6O7. The second kappa shape index (κ2) is 14.4. The van der Waals surface area contributed by atoms with Crippen LogP contribution in [0.2, 0.25) is 0 Å². The van der Waals surface area contributed by atoms with Crippen LogP contribution in [0.3, 0.4) is 0 Å². The van der Waals surface area contributed by atoms with Crippen LogP contribution in [-0.2, 0) is 32.0 Å². The number of carbonyl (C=O) groups is 3. The van der Waals surface area contributed by atoms with Gasteiger partial charge in [0.15, 0.2) is 0 Å². The largest absolute Gasteiger partial charge is 0.488 e. The molecule has 4 aromatic rings. The van der Waals surface area contributed by atoms with Gasteiger partial charge in [0, 0.05) is 43.3 Å². The molecule has 5 heterocycles. The molecule has 6 atom stereocenters. The van der Waals surface area contributed by atoms with Crippen LogP contribution in [0, 0.1) is 17.8 Å². The lowest BCUT2D eigenvalue weighted by molar-refractivity contribution is -0.136. The number of carbonyl (C=O) groups excluding carboxylic acids is 3. The molecule has 2 N–H and O–H groups in total. The summed E-state index contributed by atoms with van der Waals surface area (Å²) in [5, 5.41) is 4.96. The Morgan fingerprint density at radius 2 is 1.84 bits per heavy atom. The Morgan fingerprint density at radius 1 is 1.02 bits per heavy atom. The number of piperidine rings is 1. The molecule has 9 rings (SSSR count). The fraction of sp³-hybridized carbons (Fsp3) is 0.489. The molecule has 58 heavy (non-hydrogen) atoms. The van der Waals surface area contributed by atoms with Crippen LogP contribution in [0.1, 0.15) is 76.9 Å². The smallest absolute Gasteiger partial charge is 0.410 e. The number of likely N-dealkylation sites (tertiary alicyclic amines) is 2. The third-order valence-electron chi connectivity index (χ3n) is 12.4. The van der Waals surface area contributed by atoms with E-state index in [2.05, 4.69) is 52.8 Å². The number of imidazole rings is 1. The van der Waals surface area contributed by atoms with E-state index in [1.54, 1.807) is 7.11 Å². The maximum atomic E-state index is 13.9. The maximum Gasteiger partial charge on any atom is 0.410 e. The zero-order valence-electron chi connectivity index (χ0n) is 34.3. The number of aliphatic imine (C=N–C) groups is 1. The van der Waals surface area contributed by atoms with Crippen LogP contribution in [0.15, 0.2) is 53.7 Å². The summed E-state index contributed by atoms with van der Waals surface area (Å²) in [5.41, 5.74) is 7.56. The molecule has 304 valence electrons. The van der Waals surface area contributed by atoms with Gasteiger partial charge >= 0.3 is 12.2 Å². The van der Waals surface area contributed by atoms with Crippen molar-refractivity contribution < 1.29 is 33.3 Å². The van der Waals surface area contributed by atoms with Crippen molar-refractivity contribution >= 4 is 40.3 Å². The Bertz CT molecular complexity index is 2340. The summed E-state index contributed by atoms with van der Waals surface area (Å²) in [7, 11) is 3.01. The van der Waals surface area contributed by atoms with Crippen molar-refractivity contribution in [1.29, 1.82) is 0 Å². The van der Waals surface area contributed by atoms with Crippen LogP contribution in [0.25, 0.3) is 33.2 Å². The number of rotatable bonds is 8. The summed E-state index contributed by atoms with van der Waals surface area (Å²) < 4.78 is 22.6. The number of methoxy groups -OCH3 is 2. The summed E-state index contributed by atoms with van der Waals surface area (Å²) in [4.78, 5) is 56.5. The van der Waals surface area contributed by atoms with Gasteiger partial charge in [-0.05, 0) is 109 Å². The van der Waals surface area contributed by atoms with Crippen molar-refractivity contribution in [2.75, 3.05) is 27.4 Å². The lowest BCUT2D eigenvalue weighted by Crippen LogP contribution is -2.52. The van der Waals surface area contributed by atoms with Crippen LogP contribution in [0.5, 0.6) is 5.75 Å². The monoisotopic (exact) mass is 788 g/mol. The minimum atomic E-state index is -0.681. The minimum Gasteiger partial charge on any atom is -0.488 e. The second-order valence-electron chi connectivity index (χ2n) is 17.9. The first-order valence-corrected chi connectivity index (χ1v) is 20.4. The zero-order valence-corrected chi connectivity index (χ0v) is 34.3. The van der Waals surface area contributed by atoms with Gasteiger partial charge in [-0.15, -0.1) is 0 Å². The van der Waals surface area contributed by atoms with Gasteiger partial charge in [0.25, 0.3) is 0 Å². The predicted molar refractivity (Wildman–Crippen MR) is 219 cm³/mol. The molecule has 13 heteroatoms. The van der Waals surface area contributed by atoms with E-state index in [9.17, 15) is 14.4 Å². The predicted octanol–water partition coefficient (Wildman–Crippen LogP) is 7.73. The Morgan fingerprint density at radius 3 is 2.60 bits per heavy atom. The summed E-state index contributed by atoms with van der Waals surface area (Å²) in [5.74, 6) is 2.04. The number of aromatic nitrogens is 2. The number of ether oxygens (including phenoxy) is 4. The van der Waals surface area contributed by atoms with Crippen LogP contribution in [-0.4, -0.2) is 94.7 Å². The first-order valence-electron chi connectivity index (χ1n) is 20.4. The number of aromatic amines is 1. The van der Waals surface area contributed by atoms with Crippen molar-refractivity contribution in [1.82, 2.24) is 25.1 Å². The number of amides is 3. The van der Waals surface area contributed by atoms with E-state index in [4.69, 9.17) is 28.9 Å². The molecule has 0 spiro atoms. The van der Waals surface area contributed by atoms with Crippen molar-refractivity contribution in [2.45, 2.75) is 96.7 Å². The van der Waals surface area contributed by atoms with Gasteiger partial charge in [0.1, 0.15) is 29.8 Å². The molecule has 1 aliphatic carbocycles. The van der Waals surface area contributed by atoms with Gasteiger partial charge in [-0.1, -0.05) is 32.0 Å². The average Bonchev–Trinajstić information content (AvgIpc) is 3.66. The SMILES string of the molecule is COCC1C[C@@H](C2=Nc3ccc4cc5c(cc4c3C2)OCc2cc(-c3cnc([C@@H]4CC6C[C@H]6N4C(=O)[C@@H](NC(=O)OC)C(C)C)[nH]3)ccc2-5)N(C(=O)OC(C)(C)C)C1. The Kier molecular flexibility index (Phi) is 9.49. The molecule has 13 nitrogen and oxygen atoms in total. The molecular weight excluding hydrogens is 737 g/mol. The highest BCUT2D eigenvalue weighted by Gasteiger charge is 2.56. The Labute approximate surface area is 338 Å². The highest BCUT2D eigenvalue weighted by Crippen LogP contribution is 2.53. The molecule has 4 aliphatic heterocycles. The topological polar surface area (TPSA) is 148 Å². The summed E-state index contributed by atoms with van der Waals surface area (Å²) >= 11 is 0. The van der Waals surface area contributed by atoms with E-state index in [0.29, 0.717) is 32.1 Å². The standard InChI is InChI=1S/C45H52N6O7/c1-23(2)40(49-43(53)56-7)42(52)51-36-15-27(36)16-38(51)41-46-19-35(48-41)26-8-10-29-28(13-26)22-57-39-18-30-25(14-32(29)39)9-11-33-31(30)17-34(47-33)37-12-24(21-55-6)20-50(37)44(54)58-45(3,4)5/h8-11,13-14,18-19,23-24,27,36-38,40H,12,15-17,20-22H2,1-7H3,(H,46,48)(H,49,53)/t24?,27?,36-,37+,38+,40+/m1/s1. The lowest BCUT2D eigenvalue weighted by atomic mass is 9.90. The first kappa shape index (κ1) is 38.1. The number of hydrogen-bond acceptors (Lipinski definition) is 9. The van der Waals surface area contributed by atoms with Gasteiger partial charge in [-0.3, -0.25) is 14.7 Å². The molecule has 1 saturated carbocycles. The molecule has 5 aliphatic rings. The molecule has 0 bridgehead atoms. The molecule has 3 aromatic carbocycles. The number of hydrogen-bond donors (Lipinski definition) is 2. The van der Waals surface area contributed by atoms with Crippen LogP contribution in [0.4, 0.5) is 15.3 Å². The van der Waals surface area contributed by atoms with Gasteiger partial charge in [-0.2, -0.15) is 0 Å². The maximum absolute atomic E-state index is 13.9. The van der Waals surface area contributed by atoms with Crippen molar-refractivity contribution in [2.24, 2.45) is 22.7 Å². The van der Waals surface area contributed by atoms with E-state index < -0.39 is 17.7 Å². The molecule has 2 saturated heterocycles. The average molecular weight is 789 g/mol. The summed E-state index contributed by atoms with van der Waals surface area (Å²) in [6, 6.07) is 14.1. The van der Waals surface area contributed by atoms with Gasteiger partial charge in [0.05, 0.1) is 43.4 Å². The van der Waals surface area contributed by atoms with E-state index in [1.165, 1.54) is 7.11 Å². The number of alkyl carbamates (subject to hydrolysis) is 1. The fourth-order valence-corrected chi connectivity index (χ4v) is 9.54. The van der Waals surface area contributed by atoms with E-state index in [1.807, 2.05) is 50.6 Å². The first-order chi connectivity index (χ1) is 27.8. The lowest BCUT2D eigenvalue weighted by Gasteiger charge is -2.31. The fourth-order valence-electron chi connectivity index (χ4n) is 9.54. The normalized spacial score (nSPS) is 23.4. The third kappa shape index (κ3) is 6.86. The van der Waals surface area contributed by atoms with Crippen molar-refractivity contribution in [3.8, 4) is 28.1 Å². The molecule has 0 radical (unpaired) electrons. The highest BCUT2D eigenvalue weighted by molar-refractivity contribution is 6.06. The number of H-pyrrole nitrogens is 1. The number of fused-ring (bicyclic) bond motifs is 7. The number of nitrogens with zero attached hydrogens (tertiary/aromatic N) is 4.